The van der Waals surface area contributed by atoms with E-state index in [9.17, 15) is 9.50 Å². The van der Waals surface area contributed by atoms with Crippen LogP contribution in [0.1, 0.15) is 12.8 Å². The standard InChI is InChI=1S/C16H24ClFN2O2/c1-19-7-5-13(6-8-19)20(2)10-14(21)11-22-16-4-3-12(18)9-15(16)17/h3-4,9,13-14,21H,5-8,10-11H2,1-2H3/t14-/m0/s1. The first-order chi connectivity index (χ1) is 10.5. The summed E-state index contributed by atoms with van der Waals surface area (Å²) in [7, 11) is 4.16. The zero-order chi connectivity index (χ0) is 16.1. The van der Waals surface area contributed by atoms with E-state index in [0.717, 1.165) is 25.9 Å². The van der Waals surface area contributed by atoms with Gasteiger partial charge in [-0.05, 0) is 58.2 Å². The Morgan fingerprint density at radius 2 is 2.14 bits per heavy atom. The Balaban J connectivity index is 1.76. The molecule has 1 aliphatic rings. The van der Waals surface area contributed by atoms with Crippen molar-refractivity contribution in [3.63, 3.8) is 0 Å². The summed E-state index contributed by atoms with van der Waals surface area (Å²) in [6.45, 7) is 2.87. The predicted molar refractivity (Wildman–Crippen MR) is 86.1 cm³/mol. The molecule has 0 bridgehead atoms. The van der Waals surface area contributed by atoms with Gasteiger partial charge in [0.05, 0.1) is 5.02 Å². The molecule has 0 radical (unpaired) electrons. The van der Waals surface area contributed by atoms with Gasteiger partial charge in [-0.2, -0.15) is 0 Å². The lowest BCUT2D eigenvalue weighted by atomic mass is 10.0. The van der Waals surface area contributed by atoms with Crippen LogP contribution in [0, 0.1) is 5.82 Å². The molecule has 1 N–H and O–H groups in total. The van der Waals surface area contributed by atoms with Crippen LogP contribution in [0.2, 0.25) is 5.02 Å². The minimum atomic E-state index is -0.606. The number of likely N-dealkylation sites (tertiary alicyclic amines) is 1. The maximum Gasteiger partial charge on any atom is 0.138 e. The minimum Gasteiger partial charge on any atom is -0.489 e. The number of halogens is 2. The Hall–Kier alpha value is -0.880. The number of likely N-dealkylation sites (N-methyl/N-ethyl adjacent to an activating group) is 1. The molecule has 0 unspecified atom stereocenters. The van der Waals surface area contributed by atoms with Crippen molar-refractivity contribution in [1.29, 1.82) is 0 Å². The van der Waals surface area contributed by atoms with Gasteiger partial charge in [0.15, 0.2) is 0 Å². The van der Waals surface area contributed by atoms with Crippen LogP contribution in [0.25, 0.3) is 0 Å². The Labute approximate surface area is 136 Å². The molecule has 4 nitrogen and oxygen atoms in total. The second-order valence-electron chi connectivity index (χ2n) is 6.01. The molecule has 1 aromatic carbocycles. The van der Waals surface area contributed by atoms with E-state index in [2.05, 4.69) is 16.8 Å². The first-order valence-corrected chi connectivity index (χ1v) is 7.98. The van der Waals surface area contributed by atoms with Gasteiger partial charge in [0.2, 0.25) is 0 Å². The average Bonchev–Trinajstić information content (AvgIpc) is 2.47. The molecule has 1 atom stereocenters. The number of rotatable bonds is 6. The van der Waals surface area contributed by atoms with Crippen LogP contribution in [0.5, 0.6) is 5.75 Å². The monoisotopic (exact) mass is 330 g/mol. The molecule has 1 fully saturated rings. The molecule has 1 aromatic rings. The van der Waals surface area contributed by atoms with Gasteiger partial charge in [-0.1, -0.05) is 11.6 Å². The number of hydrogen-bond acceptors (Lipinski definition) is 4. The lowest BCUT2D eigenvalue weighted by Crippen LogP contribution is -2.45. The minimum absolute atomic E-state index is 0.141. The number of piperidine rings is 1. The van der Waals surface area contributed by atoms with Crippen molar-refractivity contribution in [2.24, 2.45) is 0 Å². The summed E-state index contributed by atoms with van der Waals surface area (Å²) < 4.78 is 18.4. The summed E-state index contributed by atoms with van der Waals surface area (Å²) in [5.74, 6) is -0.0102. The molecule has 6 heteroatoms. The van der Waals surface area contributed by atoms with E-state index in [1.807, 2.05) is 7.05 Å². The molecule has 0 saturated carbocycles. The maximum atomic E-state index is 13.0. The highest BCUT2D eigenvalue weighted by atomic mass is 35.5. The fraction of sp³-hybridized carbons (Fsp3) is 0.625. The van der Waals surface area contributed by atoms with E-state index in [1.54, 1.807) is 0 Å². The summed E-state index contributed by atoms with van der Waals surface area (Å²) in [6.07, 6.45) is 1.63. The van der Waals surface area contributed by atoms with Crippen LogP contribution < -0.4 is 4.74 Å². The molecule has 1 aliphatic heterocycles. The highest BCUT2D eigenvalue weighted by molar-refractivity contribution is 6.32. The highest BCUT2D eigenvalue weighted by Gasteiger charge is 2.22. The van der Waals surface area contributed by atoms with Gasteiger partial charge in [0, 0.05) is 12.6 Å². The van der Waals surface area contributed by atoms with Gasteiger partial charge >= 0.3 is 0 Å². The van der Waals surface area contributed by atoms with E-state index in [1.165, 1.54) is 18.2 Å². The Morgan fingerprint density at radius 1 is 1.45 bits per heavy atom. The van der Waals surface area contributed by atoms with Crippen molar-refractivity contribution in [3.8, 4) is 5.75 Å². The summed E-state index contributed by atoms with van der Waals surface area (Å²) in [4.78, 5) is 4.51. The average molecular weight is 331 g/mol. The van der Waals surface area contributed by atoms with Crippen LogP contribution >= 0.6 is 11.6 Å². The first kappa shape index (κ1) is 17.5. The summed E-state index contributed by atoms with van der Waals surface area (Å²) >= 11 is 5.89. The predicted octanol–water partition coefficient (Wildman–Crippen LogP) is 2.24. The van der Waals surface area contributed by atoms with Gasteiger partial charge in [-0.15, -0.1) is 0 Å². The second kappa shape index (κ2) is 8.11. The SMILES string of the molecule is CN1CCC(N(C)C[C@H](O)COc2ccc(F)cc2Cl)CC1. The summed E-state index contributed by atoms with van der Waals surface area (Å²) in [5, 5.41) is 10.3. The molecule has 124 valence electrons. The molecule has 2 rings (SSSR count). The van der Waals surface area contributed by atoms with Crippen molar-refractivity contribution < 1.29 is 14.2 Å². The molecule has 0 aliphatic carbocycles. The number of aliphatic hydroxyl groups is 1. The zero-order valence-electron chi connectivity index (χ0n) is 13.1. The first-order valence-electron chi connectivity index (χ1n) is 7.60. The van der Waals surface area contributed by atoms with Gasteiger partial charge in [0.1, 0.15) is 24.3 Å². The normalized spacial score (nSPS) is 18.6. The van der Waals surface area contributed by atoms with Crippen molar-refractivity contribution in [1.82, 2.24) is 9.80 Å². The molecule has 1 saturated heterocycles. The fourth-order valence-electron chi connectivity index (χ4n) is 2.75. The quantitative estimate of drug-likeness (QED) is 0.868. The lowest BCUT2D eigenvalue weighted by molar-refractivity contribution is 0.0498. The molecule has 0 aromatic heterocycles. The zero-order valence-corrected chi connectivity index (χ0v) is 13.9. The van der Waals surface area contributed by atoms with Crippen LogP contribution in [-0.4, -0.2) is 67.4 Å². The van der Waals surface area contributed by atoms with Crippen molar-refractivity contribution in [3.05, 3.63) is 29.0 Å². The largest absolute Gasteiger partial charge is 0.489 e. The third-order valence-corrected chi connectivity index (χ3v) is 4.43. The number of nitrogens with zero attached hydrogens (tertiary/aromatic N) is 2. The van der Waals surface area contributed by atoms with Crippen molar-refractivity contribution in [2.45, 2.75) is 25.0 Å². The molecule has 22 heavy (non-hydrogen) atoms. The summed E-state index contributed by atoms with van der Waals surface area (Å²) in [5.41, 5.74) is 0. The van der Waals surface area contributed by atoms with Gasteiger partial charge < -0.3 is 19.6 Å². The van der Waals surface area contributed by atoms with E-state index >= 15 is 0 Å². The van der Waals surface area contributed by atoms with Gasteiger partial charge in [-0.25, -0.2) is 4.39 Å². The third-order valence-electron chi connectivity index (χ3n) is 4.14. The van der Waals surface area contributed by atoms with E-state index in [-0.39, 0.29) is 11.6 Å². The smallest absolute Gasteiger partial charge is 0.138 e. The van der Waals surface area contributed by atoms with Crippen LogP contribution in [0.4, 0.5) is 4.39 Å². The van der Waals surface area contributed by atoms with E-state index in [4.69, 9.17) is 16.3 Å². The molecular formula is C16H24ClFN2O2. The van der Waals surface area contributed by atoms with Gasteiger partial charge in [-0.3, -0.25) is 0 Å². The highest BCUT2D eigenvalue weighted by Crippen LogP contribution is 2.25. The Bertz CT molecular complexity index is 481. The molecule has 1 heterocycles. The Morgan fingerprint density at radius 3 is 2.77 bits per heavy atom. The molecule has 0 spiro atoms. The van der Waals surface area contributed by atoms with E-state index in [0.29, 0.717) is 18.3 Å². The van der Waals surface area contributed by atoms with Gasteiger partial charge in [0.25, 0.3) is 0 Å². The fourth-order valence-corrected chi connectivity index (χ4v) is 2.97. The van der Waals surface area contributed by atoms with E-state index < -0.39 is 11.9 Å². The van der Waals surface area contributed by atoms with Crippen molar-refractivity contribution in [2.75, 3.05) is 40.3 Å². The van der Waals surface area contributed by atoms with Crippen LogP contribution in [0.15, 0.2) is 18.2 Å². The van der Waals surface area contributed by atoms with Crippen LogP contribution in [0.3, 0.4) is 0 Å². The number of hydrogen-bond donors (Lipinski definition) is 1. The number of benzene rings is 1. The summed E-state index contributed by atoms with van der Waals surface area (Å²) in [6, 6.07) is 4.47. The maximum absolute atomic E-state index is 13.0. The number of aliphatic hydroxyl groups excluding tert-OH is 1. The lowest BCUT2D eigenvalue weighted by Gasteiger charge is -2.35. The van der Waals surface area contributed by atoms with Crippen LogP contribution in [-0.2, 0) is 0 Å². The second-order valence-corrected chi connectivity index (χ2v) is 6.42. The third kappa shape index (κ3) is 5.09. The Kier molecular flexibility index (Phi) is 6.44. The molecule has 0 amide bonds. The molecular weight excluding hydrogens is 307 g/mol. The van der Waals surface area contributed by atoms with Crippen molar-refractivity contribution >= 4 is 11.6 Å². The number of ether oxygens (including phenoxy) is 1. The topological polar surface area (TPSA) is 35.9 Å².